The molecule has 44 heavy (non-hydrogen) atoms. The first-order valence-corrected chi connectivity index (χ1v) is 17.5. The number of rotatable bonds is 29. The van der Waals surface area contributed by atoms with Crippen LogP contribution in [0.15, 0.2) is 85.1 Å². The summed E-state index contributed by atoms with van der Waals surface area (Å²) in [5, 5.41) is 17.0. The standard InChI is InChI=1S/C20H34O2.C20H32O2/c2*1-2-3-4-5-6-7-8-9-10-11-12-13-14-15-16-17-18-19-20(21)22/h6-7,9-10,12-13H,2-5,8,11,14-19H2,1H3,(H,21,22);6-7,9-10,12-13,15-16H,2-5,8,11,14,17-19H2,1H3,(H,21,22)/b;7-6-,10-9-,13-12-,16-15-. The summed E-state index contributed by atoms with van der Waals surface area (Å²) >= 11 is 0. The van der Waals surface area contributed by atoms with E-state index in [9.17, 15) is 9.59 Å². The van der Waals surface area contributed by atoms with Crippen LogP contribution >= 0.6 is 0 Å². The molecule has 0 rings (SSSR count). The molecule has 0 aliphatic heterocycles. The highest BCUT2D eigenvalue weighted by Crippen LogP contribution is 2.07. The highest BCUT2D eigenvalue weighted by molar-refractivity contribution is 5.66. The van der Waals surface area contributed by atoms with Crippen molar-refractivity contribution in [1.82, 2.24) is 0 Å². The van der Waals surface area contributed by atoms with Crippen LogP contribution in [-0.4, -0.2) is 22.2 Å². The second kappa shape index (κ2) is 40.1. The fourth-order valence-corrected chi connectivity index (χ4v) is 4.11. The van der Waals surface area contributed by atoms with Crippen molar-refractivity contribution < 1.29 is 19.8 Å². The number of carboxylic acids is 2. The first-order valence-electron chi connectivity index (χ1n) is 17.5. The average Bonchev–Trinajstić information content (AvgIpc) is 3.00. The quantitative estimate of drug-likeness (QED) is 0.0652. The highest BCUT2D eigenvalue weighted by Gasteiger charge is 1.95. The van der Waals surface area contributed by atoms with E-state index in [1.54, 1.807) is 0 Å². The van der Waals surface area contributed by atoms with Crippen LogP contribution < -0.4 is 0 Å². The van der Waals surface area contributed by atoms with E-state index in [2.05, 4.69) is 98.9 Å². The van der Waals surface area contributed by atoms with Crippen molar-refractivity contribution in [3.05, 3.63) is 85.1 Å². The van der Waals surface area contributed by atoms with Crippen LogP contribution in [-0.2, 0) is 9.59 Å². The molecule has 0 aliphatic carbocycles. The number of carbonyl (C=O) groups is 2. The van der Waals surface area contributed by atoms with Crippen LogP contribution in [0.5, 0.6) is 0 Å². The van der Waals surface area contributed by atoms with Crippen LogP contribution in [0.25, 0.3) is 0 Å². The summed E-state index contributed by atoms with van der Waals surface area (Å²) in [6.07, 6.45) is 53.6. The maximum absolute atomic E-state index is 10.3. The van der Waals surface area contributed by atoms with Gasteiger partial charge in [-0.05, 0) is 89.9 Å². The SMILES string of the molecule is CCCCC/C=C\C/C=C\C/C=C\C/C=C\CCCC(=O)O.CCCCCC=CCC=CCC=CCCCCCCC(=O)O. The van der Waals surface area contributed by atoms with E-state index >= 15 is 0 Å². The van der Waals surface area contributed by atoms with Gasteiger partial charge in [0, 0.05) is 12.8 Å². The summed E-state index contributed by atoms with van der Waals surface area (Å²) in [6.45, 7) is 4.47. The summed E-state index contributed by atoms with van der Waals surface area (Å²) in [5.41, 5.74) is 0. The van der Waals surface area contributed by atoms with Crippen LogP contribution in [0.1, 0.15) is 155 Å². The van der Waals surface area contributed by atoms with Gasteiger partial charge in [0.05, 0.1) is 0 Å². The van der Waals surface area contributed by atoms with Gasteiger partial charge < -0.3 is 10.2 Å². The van der Waals surface area contributed by atoms with Gasteiger partial charge in [0.25, 0.3) is 0 Å². The zero-order valence-corrected chi connectivity index (χ0v) is 28.4. The van der Waals surface area contributed by atoms with Crippen LogP contribution in [0.2, 0.25) is 0 Å². The molecule has 0 aromatic carbocycles. The lowest BCUT2D eigenvalue weighted by Crippen LogP contribution is -1.93. The Morgan fingerprint density at radius 1 is 0.364 bits per heavy atom. The van der Waals surface area contributed by atoms with Gasteiger partial charge in [0.1, 0.15) is 0 Å². The van der Waals surface area contributed by atoms with Gasteiger partial charge in [0.15, 0.2) is 0 Å². The van der Waals surface area contributed by atoms with Crippen molar-refractivity contribution in [3.8, 4) is 0 Å². The van der Waals surface area contributed by atoms with Gasteiger partial charge in [-0.2, -0.15) is 0 Å². The lowest BCUT2D eigenvalue weighted by Gasteiger charge is -1.96. The number of aliphatic carboxylic acids is 2. The molecule has 0 bridgehead atoms. The Hall–Kier alpha value is -2.88. The van der Waals surface area contributed by atoms with Gasteiger partial charge in [-0.25, -0.2) is 0 Å². The number of hydrogen-bond donors (Lipinski definition) is 2. The van der Waals surface area contributed by atoms with E-state index in [0.29, 0.717) is 6.42 Å². The first-order chi connectivity index (χ1) is 21.5. The van der Waals surface area contributed by atoms with Crippen LogP contribution in [0.3, 0.4) is 0 Å². The molecule has 0 heterocycles. The third-order valence-corrected chi connectivity index (χ3v) is 6.75. The molecule has 250 valence electrons. The molecule has 0 fully saturated rings. The van der Waals surface area contributed by atoms with Gasteiger partial charge in [-0.1, -0.05) is 137 Å². The van der Waals surface area contributed by atoms with Crippen molar-refractivity contribution >= 4 is 11.9 Å². The lowest BCUT2D eigenvalue weighted by atomic mass is 10.1. The Morgan fingerprint density at radius 2 is 0.636 bits per heavy atom. The van der Waals surface area contributed by atoms with Crippen molar-refractivity contribution in [1.29, 1.82) is 0 Å². The summed E-state index contributed by atoms with van der Waals surface area (Å²) in [5.74, 6) is -1.39. The van der Waals surface area contributed by atoms with E-state index in [0.717, 1.165) is 70.6 Å². The molecule has 0 saturated heterocycles. The van der Waals surface area contributed by atoms with Crippen molar-refractivity contribution in [2.75, 3.05) is 0 Å². The summed E-state index contributed by atoms with van der Waals surface area (Å²) in [6, 6.07) is 0. The van der Waals surface area contributed by atoms with Crippen molar-refractivity contribution in [2.45, 2.75) is 155 Å². The average molecular weight is 611 g/mol. The van der Waals surface area contributed by atoms with E-state index < -0.39 is 11.9 Å². The molecule has 0 aromatic rings. The van der Waals surface area contributed by atoms with Gasteiger partial charge in [0.2, 0.25) is 0 Å². The third-order valence-electron chi connectivity index (χ3n) is 6.75. The Morgan fingerprint density at radius 3 is 0.977 bits per heavy atom. The highest BCUT2D eigenvalue weighted by atomic mass is 16.4. The van der Waals surface area contributed by atoms with Gasteiger partial charge in [-0.3, -0.25) is 9.59 Å². The van der Waals surface area contributed by atoms with Crippen molar-refractivity contribution in [3.63, 3.8) is 0 Å². The summed E-state index contributed by atoms with van der Waals surface area (Å²) < 4.78 is 0. The van der Waals surface area contributed by atoms with Gasteiger partial charge in [-0.15, -0.1) is 0 Å². The zero-order valence-electron chi connectivity index (χ0n) is 28.4. The number of unbranched alkanes of at least 4 members (excludes halogenated alkanes) is 11. The molecular weight excluding hydrogens is 544 g/mol. The first kappa shape index (κ1) is 43.2. The van der Waals surface area contributed by atoms with Gasteiger partial charge >= 0.3 is 11.9 Å². The Kier molecular flexibility index (Phi) is 39.4. The lowest BCUT2D eigenvalue weighted by molar-refractivity contribution is -0.138. The molecule has 0 saturated carbocycles. The molecule has 4 heteroatoms. The zero-order chi connectivity index (χ0) is 32.6. The fourth-order valence-electron chi connectivity index (χ4n) is 4.11. The minimum absolute atomic E-state index is 0.262. The molecule has 0 aromatic heterocycles. The predicted octanol–water partition coefficient (Wildman–Crippen LogP) is 12.7. The van der Waals surface area contributed by atoms with E-state index in [4.69, 9.17) is 10.2 Å². The number of allylic oxidation sites excluding steroid dienone is 14. The second-order valence-electron chi connectivity index (χ2n) is 11.1. The maximum atomic E-state index is 10.3. The van der Waals surface area contributed by atoms with Crippen molar-refractivity contribution in [2.24, 2.45) is 0 Å². The Bertz CT molecular complexity index is 826. The second-order valence-corrected chi connectivity index (χ2v) is 11.1. The molecule has 0 unspecified atom stereocenters. The molecule has 0 aliphatic rings. The smallest absolute Gasteiger partial charge is 0.303 e. The molecule has 2 N–H and O–H groups in total. The van der Waals surface area contributed by atoms with E-state index in [-0.39, 0.29) is 6.42 Å². The molecular formula is C40H66O4. The fraction of sp³-hybridized carbons (Fsp3) is 0.600. The third kappa shape index (κ3) is 46.1. The largest absolute Gasteiger partial charge is 0.481 e. The Balaban J connectivity index is 0. The van der Waals surface area contributed by atoms with Crippen LogP contribution in [0, 0.1) is 0 Å². The maximum Gasteiger partial charge on any atom is 0.303 e. The molecule has 0 amide bonds. The predicted molar refractivity (Wildman–Crippen MR) is 192 cm³/mol. The van der Waals surface area contributed by atoms with Crippen LogP contribution in [0.4, 0.5) is 0 Å². The minimum atomic E-state index is -0.712. The summed E-state index contributed by atoms with van der Waals surface area (Å²) in [4.78, 5) is 20.7. The number of hydrogen-bond acceptors (Lipinski definition) is 2. The Labute approximate surface area is 271 Å². The minimum Gasteiger partial charge on any atom is -0.481 e. The number of carboxylic acid groups (broad SMARTS) is 2. The van der Waals surface area contributed by atoms with E-state index in [1.165, 1.54) is 57.8 Å². The monoisotopic (exact) mass is 610 g/mol. The molecule has 0 radical (unpaired) electrons. The van der Waals surface area contributed by atoms with E-state index in [1.807, 2.05) is 0 Å². The topological polar surface area (TPSA) is 74.6 Å². The normalized spacial score (nSPS) is 12.2. The summed E-state index contributed by atoms with van der Waals surface area (Å²) in [7, 11) is 0. The molecule has 4 nitrogen and oxygen atoms in total. The molecule has 0 spiro atoms. The molecule has 0 atom stereocenters.